The lowest BCUT2D eigenvalue weighted by Gasteiger charge is -2.10. The molecule has 0 aliphatic carbocycles. The van der Waals surface area contributed by atoms with Crippen LogP contribution < -0.4 is 15.8 Å². The number of benzene rings is 2. The molecule has 0 spiro atoms. The van der Waals surface area contributed by atoms with Crippen LogP contribution in [0.2, 0.25) is 0 Å². The van der Waals surface area contributed by atoms with E-state index in [4.69, 9.17) is 10.5 Å². The first-order valence-electron chi connectivity index (χ1n) is 7.70. The van der Waals surface area contributed by atoms with Crippen molar-refractivity contribution in [1.29, 1.82) is 0 Å². The summed E-state index contributed by atoms with van der Waals surface area (Å²) in [6.07, 6.45) is 2.71. The van der Waals surface area contributed by atoms with Crippen LogP contribution in [0.25, 0.3) is 0 Å². The number of para-hydroxylation sites is 1. The largest absolute Gasteiger partial charge is 0.489 e. The lowest BCUT2D eigenvalue weighted by molar-refractivity contribution is 0.359. The molecular weight excluding hydrogens is 413 g/mol. The van der Waals surface area contributed by atoms with E-state index >= 15 is 0 Å². The van der Waals surface area contributed by atoms with Gasteiger partial charge in [0.25, 0.3) is 0 Å². The van der Waals surface area contributed by atoms with Crippen LogP contribution in [0, 0.1) is 0 Å². The number of anilines is 1. The second kappa shape index (κ2) is 10.7. The monoisotopic (exact) mass is 437 g/mol. The van der Waals surface area contributed by atoms with E-state index < -0.39 is 0 Å². The normalized spacial score (nSPS) is 10.6. The van der Waals surface area contributed by atoms with Crippen molar-refractivity contribution in [2.45, 2.75) is 19.9 Å². The number of aliphatic imine (C=N–C) groups is 1. The number of nitrogens with zero attached hydrogens (tertiary/aromatic N) is 1. The van der Waals surface area contributed by atoms with E-state index in [1.165, 1.54) is 5.56 Å². The van der Waals surface area contributed by atoms with E-state index in [0.29, 0.717) is 19.1 Å². The number of nitrogens with two attached hydrogens (primary N) is 1. The highest BCUT2D eigenvalue weighted by Crippen LogP contribution is 2.19. The summed E-state index contributed by atoms with van der Waals surface area (Å²) in [6, 6.07) is 15.9. The molecular formula is C19H24IN3O. The minimum Gasteiger partial charge on any atom is -0.489 e. The van der Waals surface area contributed by atoms with Crippen LogP contribution in [0.1, 0.15) is 18.1 Å². The average Bonchev–Trinajstić information content (AvgIpc) is 2.59. The van der Waals surface area contributed by atoms with E-state index in [1.54, 1.807) is 6.08 Å². The van der Waals surface area contributed by atoms with Gasteiger partial charge in [0.2, 0.25) is 0 Å². The number of hydrogen-bond donors (Lipinski definition) is 2. The lowest BCUT2D eigenvalue weighted by atomic mass is 10.1. The van der Waals surface area contributed by atoms with Crippen molar-refractivity contribution >= 4 is 35.6 Å². The van der Waals surface area contributed by atoms with Crippen molar-refractivity contribution < 1.29 is 4.74 Å². The fourth-order valence-corrected chi connectivity index (χ4v) is 2.15. The summed E-state index contributed by atoms with van der Waals surface area (Å²) < 4.78 is 5.62. The van der Waals surface area contributed by atoms with Crippen LogP contribution >= 0.6 is 24.0 Å². The molecule has 4 nitrogen and oxygen atoms in total. The molecule has 0 aliphatic heterocycles. The second-order valence-corrected chi connectivity index (χ2v) is 5.09. The first kappa shape index (κ1) is 20.0. The first-order chi connectivity index (χ1) is 11.2. The Morgan fingerprint density at radius 3 is 2.79 bits per heavy atom. The van der Waals surface area contributed by atoms with Gasteiger partial charge in [-0.25, -0.2) is 4.99 Å². The van der Waals surface area contributed by atoms with Crippen LogP contribution in [0.4, 0.5) is 5.69 Å². The van der Waals surface area contributed by atoms with E-state index in [9.17, 15) is 0 Å². The molecule has 0 amide bonds. The molecule has 24 heavy (non-hydrogen) atoms. The molecule has 0 saturated carbocycles. The summed E-state index contributed by atoms with van der Waals surface area (Å²) in [5.41, 5.74) is 9.17. The average molecular weight is 437 g/mol. The Hall–Kier alpha value is -2.02. The molecule has 2 aromatic carbocycles. The quantitative estimate of drug-likeness (QED) is 0.293. The van der Waals surface area contributed by atoms with Crippen LogP contribution in [-0.2, 0) is 13.0 Å². The van der Waals surface area contributed by atoms with Crippen molar-refractivity contribution in [3.8, 4) is 5.75 Å². The standard InChI is InChI=1S/C19H23N3O.HI/c1-3-12-23-18-11-6-5-9-16(18)14-21-19(20)22-17-10-7-8-15(4-2)13-17;/h3,5-11,13H,1,4,12,14H2,2H3,(H3,20,21,22);1H. The zero-order valence-electron chi connectivity index (χ0n) is 13.9. The third-order valence-electron chi connectivity index (χ3n) is 3.36. The van der Waals surface area contributed by atoms with Gasteiger partial charge in [-0.2, -0.15) is 0 Å². The highest BCUT2D eigenvalue weighted by molar-refractivity contribution is 14.0. The summed E-state index contributed by atoms with van der Waals surface area (Å²) in [4.78, 5) is 4.39. The number of aryl methyl sites for hydroxylation is 1. The third-order valence-corrected chi connectivity index (χ3v) is 3.36. The first-order valence-corrected chi connectivity index (χ1v) is 7.70. The summed E-state index contributed by atoms with van der Waals surface area (Å²) >= 11 is 0. The van der Waals surface area contributed by atoms with Gasteiger partial charge in [0.05, 0.1) is 6.54 Å². The summed E-state index contributed by atoms with van der Waals surface area (Å²) in [7, 11) is 0. The third kappa shape index (κ3) is 6.23. The second-order valence-electron chi connectivity index (χ2n) is 5.09. The van der Waals surface area contributed by atoms with E-state index in [0.717, 1.165) is 23.4 Å². The van der Waals surface area contributed by atoms with Gasteiger partial charge in [0.15, 0.2) is 5.96 Å². The van der Waals surface area contributed by atoms with E-state index in [-0.39, 0.29) is 24.0 Å². The van der Waals surface area contributed by atoms with Crippen molar-refractivity contribution in [3.63, 3.8) is 0 Å². The molecule has 0 heterocycles. The van der Waals surface area contributed by atoms with Gasteiger partial charge in [-0.05, 0) is 30.2 Å². The number of guanidine groups is 1. The minimum atomic E-state index is 0. The van der Waals surface area contributed by atoms with Crippen molar-refractivity contribution in [1.82, 2.24) is 0 Å². The Balaban J connectivity index is 0.00000288. The van der Waals surface area contributed by atoms with Gasteiger partial charge in [-0.3, -0.25) is 0 Å². The number of nitrogens with one attached hydrogen (secondary N) is 1. The van der Waals surface area contributed by atoms with Gasteiger partial charge in [0.1, 0.15) is 12.4 Å². The summed E-state index contributed by atoms with van der Waals surface area (Å²) in [5, 5.41) is 3.12. The predicted octanol–water partition coefficient (Wildman–Crippen LogP) is 4.36. The summed E-state index contributed by atoms with van der Waals surface area (Å²) in [5.74, 6) is 1.19. The molecule has 0 fully saturated rings. The molecule has 0 radical (unpaired) electrons. The molecule has 0 aromatic heterocycles. The Bertz CT molecular complexity index is 686. The fourth-order valence-electron chi connectivity index (χ4n) is 2.15. The maximum Gasteiger partial charge on any atom is 0.193 e. The molecule has 128 valence electrons. The van der Waals surface area contributed by atoms with E-state index in [1.807, 2.05) is 36.4 Å². The highest BCUT2D eigenvalue weighted by atomic mass is 127. The SMILES string of the molecule is C=CCOc1ccccc1CN=C(N)Nc1cccc(CC)c1.I. The molecule has 5 heteroatoms. The van der Waals surface area contributed by atoms with Gasteiger partial charge >= 0.3 is 0 Å². The molecule has 0 aliphatic rings. The van der Waals surface area contributed by atoms with Gasteiger partial charge in [-0.1, -0.05) is 49.9 Å². The molecule has 0 bridgehead atoms. The number of rotatable bonds is 7. The molecule has 2 rings (SSSR count). The minimum absolute atomic E-state index is 0. The van der Waals surface area contributed by atoms with Crippen molar-refractivity contribution in [2.75, 3.05) is 11.9 Å². The Morgan fingerprint density at radius 2 is 2.04 bits per heavy atom. The van der Waals surface area contributed by atoms with E-state index in [2.05, 4.69) is 35.9 Å². The zero-order chi connectivity index (χ0) is 16.5. The van der Waals surface area contributed by atoms with Crippen LogP contribution in [0.3, 0.4) is 0 Å². The Morgan fingerprint density at radius 1 is 1.25 bits per heavy atom. The smallest absolute Gasteiger partial charge is 0.193 e. The lowest BCUT2D eigenvalue weighted by Crippen LogP contribution is -2.22. The van der Waals surface area contributed by atoms with Crippen molar-refractivity contribution in [3.05, 3.63) is 72.3 Å². The highest BCUT2D eigenvalue weighted by Gasteiger charge is 2.02. The topological polar surface area (TPSA) is 59.6 Å². The fraction of sp³-hybridized carbons (Fsp3) is 0.211. The molecule has 0 saturated heterocycles. The molecule has 0 unspecified atom stereocenters. The van der Waals surface area contributed by atoms with Crippen LogP contribution in [0.5, 0.6) is 5.75 Å². The summed E-state index contributed by atoms with van der Waals surface area (Å²) in [6.45, 7) is 6.71. The number of halogens is 1. The predicted molar refractivity (Wildman–Crippen MR) is 112 cm³/mol. The molecule has 3 N–H and O–H groups in total. The number of ether oxygens (including phenoxy) is 1. The molecule has 0 atom stereocenters. The van der Waals surface area contributed by atoms with Crippen LogP contribution in [0.15, 0.2) is 66.2 Å². The van der Waals surface area contributed by atoms with Gasteiger partial charge in [0, 0.05) is 11.3 Å². The Labute approximate surface area is 160 Å². The van der Waals surface area contributed by atoms with Gasteiger partial charge < -0.3 is 15.8 Å². The maximum atomic E-state index is 5.98. The molecule has 2 aromatic rings. The maximum absolute atomic E-state index is 5.98. The van der Waals surface area contributed by atoms with Crippen LogP contribution in [-0.4, -0.2) is 12.6 Å². The van der Waals surface area contributed by atoms with Crippen molar-refractivity contribution in [2.24, 2.45) is 10.7 Å². The Kier molecular flexibility index (Phi) is 8.93. The zero-order valence-corrected chi connectivity index (χ0v) is 16.2. The number of hydrogen-bond acceptors (Lipinski definition) is 2. The van der Waals surface area contributed by atoms with Gasteiger partial charge in [-0.15, -0.1) is 24.0 Å².